The van der Waals surface area contributed by atoms with Crippen molar-refractivity contribution >= 4 is 23.5 Å². The minimum absolute atomic E-state index is 0.200. The van der Waals surface area contributed by atoms with Crippen molar-refractivity contribution < 1.29 is 19.1 Å². The van der Waals surface area contributed by atoms with E-state index in [-0.39, 0.29) is 25.6 Å². The highest BCUT2D eigenvalue weighted by molar-refractivity contribution is 6.25. The minimum atomic E-state index is -1.33. The zero-order valence-corrected chi connectivity index (χ0v) is 13.0. The van der Waals surface area contributed by atoms with Gasteiger partial charge in [-0.05, 0) is 33.1 Å². The first-order chi connectivity index (χ1) is 8.86. The lowest BCUT2D eigenvalue weighted by Gasteiger charge is -2.32. The second-order valence-electron chi connectivity index (χ2n) is 4.70. The summed E-state index contributed by atoms with van der Waals surface area (Å²) in [5.74, 6) is -1.36. The Morgan fingerprint density at radius 3 is 1.84 bits per heavy atom. The Labute approximate surface area is 120 Å². The zero-order chi connectivity index (χ0) is 15.1. The zero-order valence-electron chi connectivity index (χ0n) is 12.3. The summed E-state index contributed by atoms with van der Waals surface area (Å²) in [5, 5.41) is 0. The van der Waals surface area contributed by atoms with Crippen LogP contribution in [-0.2, 0) is 19.1 Å². The Morgan fingerprint density at radius 1 is 1.16 bits per heavy atom. The number of allylic oxidation sites excluding steroid dienone is 1. The third kappa shape index (κ3) is 4.23. The minimum Gasteiger partial charge on any atom is -0.465 e. The van der Waals surface area contributed by atoms with E-state index >= 15 is 0 Å². The van der Waals surface area contributed by atoms with Crippen molar-refractivity contribution in [3.8, 4) is 0 Å². The molecule has 0 saturated heterocycles. The summed E-state index contributed by atoms with van der Waals surface area (Å²) in [6.45, 7) is 9.22. The molecule has 19 heavy (non-hydrogen) atoms. The molecule has 0 saturated carbocycles. The highest BCUT2D eigenvalue weighted by atomic mass is 35.5. The molecule has 0 aromatic rings. The fraction of sp³-hybridized carbons (Fsp3) is 0.714. The highest BCUT2D eigenvalue weighted by Gasteiger charge is 2.51. The fourth-order valence-electron chi connectivity index (χ4n) is 1.90. The predicted molar refractivity (Wildman–Crippen MR) is 74.8 cm³/mol. The molecule has 0 amide bonds. The molecule has 0 aromatic carbocycles. The van der Waals surface area contributed by atoms with Gasteiger partial charge in [-0.1, -0.05) is 31.0 Å². The molecule has 0 unspecified atom stereocenters. The van der Waals surface area contributed by atoms with E-state index in [9.17, 15) is 9.59 Å². The Hall–Kier alpha value is -1.03. The van der Waals surface area contributed by atoms with Crippen molar-refractivity contribution in [3.05, 3.63) is 11.1 Å². The van der Waals surface area contributed by atoms with E-state index in [0.29, 0.717) is 0 Å². The SMILES string of the molecule is CCOC(=O)C(CC(C)=CCl)(C(=O)OCC)C(C)C. The van der Waals surface area contributed by atoms with Crippen molar-refractivity contribution in [3.63, 3.8) is 0 Å². The molecular weight excluding hydrogens is 268 g/mol. The Bertz CT molecular complexity index is 329. The number of halogens is 1. The molecule has 0 N–H and O–H groups in total. The van der Waals surface area contributed by atoms with Gasteiger partial charge >= 0.3 is 11.9 Å². The first-order valence-electron chi connectivity index (χ1n) is 6.47. The van der Waals surface area contributed by atoms with Gasteiger partial charge in [0.25, 0.3) is 0 Å². The van der Waals surface area contributed by atoms with E-state index in [2.05, 4.69) is 0 Å². The first-order valence-corrected chi connectivity index (χ1v) is 6.90. The van der Waals surface area contributed by atoms with Gasteiger partial charge in [-0.3, -0.25) is 9.59 Å². The summed E-state index contributed by atoms with van der Waals surface area (Å²) < 4.78 is 10.1. The van der Waals surface area contributed by atoms with E-state index in [1.807, 2.05) is 0 Å². The van der Waals surface area contributed by atoms with Gasteiger partial charge in [-0.15, -0.1) is 0 Å². The van der Waals surface area contributed by atoms with E-state index in [4.69, 9.17) is 21.1 Å². The van der Waals surface area contributed by atoms with Crippen LogP contribution in [0.2, 0.25) is 0 Å². The summed E-state index contributed by atoms with van der Waals surface area (Å²) in [6, 6.07) is 0. The molecule has 0 aliphatic carbocycles. The monoisotopic (exact) mass is 290 g/mol. The summed E-state index contributed by atoms with van der Waals surface area (Å²) in [6.07, 6.45) is 0.200. The van der Waals surface area contributed by atoms with Crippen molar-refractivity contribution in [1.29, 1.82) is 0 Å². The van der Waals surface area contributed by atoms with E-state index < -0.39 is 17.4 Å². The van der Waals surface area contributed by atoms with Crippen LogP contribution in [0.15, 0.2) is 11.1 Å². The van der Waals surface area contributed by atoms with Crippen molar-refractivity contribution in [1.82, 2.24) is 0 Å². The average molecular weight is 291 g/mol. The lowest BCUT2D eigenvalue weighted by molar-refractivity contribution is -0.175. The maximum atomic E-state index is 12.3. The molecular formula is C14H23ClO4. The molecule has 0 rings (SSSR count). The van der Waals surface area contributed by atoms with Crippen LogP contribution in [0.25, 0.3) is 0 Å². The maximum Gasteiger partial charge on any atom is 0.324 e. The normalized spacial score (nSPS) is 12.5. The van der Waals surface area contributed by atoms with Crippen LogP contribution >= 0.6 is 11.6 Å². The summed E-state index contributed by atoms with van der Waals surface area (Å²) >= 11 is 5.66. The number of ether oxygens (including phenoxy) is 2. The number of hydrogen-bond acceptors (Lipinski definition) is 4. The van der Waals surface area contributed by atoms with Crippen molar-refractivity contribution in [2.75, 3.05) is 13.2 Å². The number of rotatable bonds is 7. The van der Waals surface area contributed by atoms with Gasteiger partial charge in [0.2, 0.25) is 0 Å². The quantitative estimate of drug-likeness (QED) is 0.533. The fourth-order valence-corrected chi connectivity index (χ4v) is 1.98. The maximum absolute atomic E-state index is 12.3. The largest absolute Gasteiger partial charge is 0.465 e. The molecule has 0 fully saturated rings. The van der Waals surface area contributed by atoms with E-state index in [1.165, 1.54) is 5.54 Å². The lowest BCUT2D eigenvalue weighted by atomic mass is 9.72. The van der Waals surface area contributed by atoms with E-state index in [1.54, 1.807) is 34.6 Å². The second kappa shape index (κ2) is 8.20. The third-order valence-corrected chi connectivity index (χ3v) is 3.38. The predicted octanol–water partition coefficient (Wildman–Crippen LogP) is 3.29. The van der Waals surface area contributed by atoms with Crippen LogP contribution in [0.1, 0.15) is 41.0 Å². The lowest BCUT2D eigenvalue weighted by Crippen LogP contribution is -2.46. The van der Waals surface area contributed by atoms with Gasteiger partial charge in [0.05, 0.1) is 13.2 Å². The molecule has 0 aliphatic heterocycles. The molecule has 0 aromatic heterocycles. The van der Waals surface area contributed by atoms with Gasteiger partial charge < -0.3 is 9.47 Å². The topological polar surface area (TPSA) is 52.6 Å². The number of esters is 2. The first kappa shape index (κ1) is 18.0. The molecule has 110 valence electrons. The van der Waals surface area contributed by atoms with Gasteiger partial charge in [0.15, 0.2) is 5.41 Å². The Kier molecular flexibility index (Phi) is 7.76. The van der Waals surface area contributed by atoms with Crippen molar-refractivity contribution in [2.45, 2.75) is 41.0 Å². The summed E-state index contributed by atoms with van der Waals surface area (Å²) in [4.78, 5) is 24.6. The molecule has 0 heterocycles. The summed E-state index contributed by atoms with van der Waals surface area (Å²) in [5.41, 5.74) is 0.772. The Morgan fingerprint density at radius 2 is 1.58 bits per heavy atom. The van der Waals surface area contributed by atoms with Crippen LogP contribution < -0.4 is 0 Å². The molecule has 5 heteroatoms. The van der Waals surface area contributed by atoms with Crippen LogP contribution in [0.4, 0.5) is 0 Å². The van der Waals surface area contributed by atoms with Crippen molar-refractivity contribution in [2.24, 2.45) is 11.3 Å². The standard InChI is InChI=1S/C14H23ClO4/c1-6-18-12(16)14(10(3)4,8-11(5)9-15)13(17)19-7-2/h9-10H,6-8H2,1-5H3. The number of carbonyl (C=O) groups excluding carboxylic acids is 2. The van der Waals surface area contributed by atoms with Gasteiger partial charge in [-0.2, -0.15) is 0 Å². The molecule has 4 nitrogen and oxygen atoms in total. The number of hydrogen-bond donors (Lipinski definition) is 0. The highest BCUT2D eigenvalue weighted by Crippen LogP contribution is 2.38. The molecule has 0 aliphatic rings. The van der Waals surface area contributed by atoms with E-state index in [0.717, 1.165) is 5.57 Å². The molecule has 0 atom stereocenters. The second-order valence-corrected chi connectivity index (χ2v) is 4.92. The third-order valence-electron chi connectivity index (χ3n) is 3.01. The van der Waals surface area contributed by atoms with Gasteiger partial charge in [0, 0.05) is 5.54 Å². The van der Waals surface area contributed by atoms with Gasteiger partial charge in [-0.25, -0.2) is 0 Å². The smallest absolute Gasteiger partial charge is 0.324 e. The van der Waals surface area contributed by atoms with Crippen LogP contribution in [0, 0.1) is 11.3 Å². The molecule has 0 radical (unpaired) electrons. The molecule has 0 bridgehead atoms. The number of carbonyl (C=O) groups is 2. The average Bonchev–Trinajstić information content (AvgIpc) is 2.35. The molecule has 0 spiro atoms. The van der Waals surface area contributed by atoms with Crippen LogP contribution in [-0.4, -0.2) is 25.2 Å². The Balaban J connectivity index is 5.60. The van der Waals surface area contributed by atoms with Crippen LogP contribution in [0.3, 0.4) is 0 Å². The van der Waals surface area contributed by atoms with Crippen LogP contribution in [0.5, 0.6) is 0 Å². The summed E-state index contributed by atoms with van der Waals surface area (Å²) in [7, 11) is 0. The van der Waals surface area contributed by atoms with Gasteiger partial charge in [0.1, 0.15) is 0 Å².